The number of carbonyl (C=O) groups is 1. The lowest BCUT2D eigenvalue weighted by Crippen LogP contribution is -2.43. The van der Waals surface area contributed by atoms with Crippen molar-refractivity contribution in [2.45, 2.75) is 39.0 Å². The highest BCUT2D eigenvalue weighted by molar-refractivity contribution is 5.69. The second kappa shape index (κ2) is 4.57. The van der Waals surface area contributed by atoms with E-state index in [0.29, 0.717) is 18.5 Å². The predicted octanol–water partition coefficient (Wildman–Crippen LogP) is 1.87. The quantitative estimate of drug-likeness (QED) is 0.763. The molecule has 0 aromatic carbocycles. The van der Waals surface area contributed by atoms with Gasteiger partial charge in [0.05, 0.1) is 0 Å². The molecule has 1 aromatic rings. The Morgan fingerprint density at radius 1 is 1.56 bits per heavy atom. The van der Waals surface area contributed by atoms with Gasteiger partial charge in [-0.2, -0.15) is 0 Å². The van der Waals surface area contributed by atoms with Crippen molar-refractivity contribution in [3.63, 3.8) is 0 Å². The Morgan fingerprint density at radius 3 is 2.94 bits per heavy atom. The lowest BCUT2D eigenvalue weighted by atomic mass is 10.0. The molecule has 0 saturated carbocycles. The van der Waals surface area contributed by atoms with Gasteiger partial charge in [-0.15, -0.1) is 0 Å². The number of nitrogens with zero attached hydrogens (tertiary/aromatic N) is 2. The monoisotopic (exact) mass is 250 g/mol. The highest BCUT2D eigenvalue weighted by Gasteiger charge is 2.32. The maximum atomic E-state index is 12.0. The first kappa shape index (κ1) is 12.8. The maximum absolute atomic E-state index is 12.0. The summed E-state index contributed by atoms with van der Waals surface area (Å²) < 4.78 is 5.27. The number of hydrogen-bond donors (Lipinski definition) is 1. The van der Waals surface area contributed by atoms with E-state index in [1.54, 1.807) is 33.2 Å². The summed E-state index contributed by atoms with van der Waals surface area (Å²) >= 11 is 0. The second-order valence-corrected chi connectivity index (χ2v) is 5.37. The van der Waals surface area contributed by atoms with Crippen LogP contribution in [0.2, 0.25) is 0 Å². The van der Waals surface area contributed by atoms with E-state index < -0.39 is 17.9 Å². The van der Waals surface area contributed by atoms with Crippen molar-refractivity contribution in [3.05, 3.63) is 29.6 Å². The van der Waals surface area contributed by atoms with Crippen LogP contribution in [0, 0.1) is 0 Å². The molecule has 1 amide bonds. The minimum atomic E-state index is -0.975. The Morgan fingerprint density at radius 2 is 2.28 bits per heavy atom. The fraction of sp³-hybridized carbons (Fsp3) is 0.538. The molecular weight excluding hydrogens is 232 g/mol. The van der Waals surface area contributed by atoms with Gasteiger partial charge in [0, 0.05) is 24.5 Å². The fourth-order valence-electron chi connectivity index (χ4n) is 1.94. The van der Waals surface area contributed by atoms with Gasteiger partial charge in [0.2, 0.25) is 0 Å². The molecule has 0 saturated heterocycles. The third-order valence-corrected chi connectivity index (χ3v) is 2.77. The third kappa shape index (κ3) is 2.61. The van der Waals surface area contributed by atoms with Crippen LogP contribution >= 0.6 is 0 Å². The molecule has 1 N–H and O–H groups in total. The van der Waals surface area contributed by atoms with Gasteiger partial charge < -0.3 is 9.84 Å². The van der Waals surface area contributed by atoms with Crippen LogP contribution in [0.4, 0.5) is 4.79 Å². The van der Waals surface area contributed by atoms with Gasteiger partial charge >= 0.3 is 6.09 Å². The van der Waals surface area contributed by atoms with Crippen LogP contribution in [0.1, 0.15) is 38.1 Å². The zero-order valence-electron chi connectivity index (χ0n) is 10.9. The molecule has 2 rings (SSSR count). The molecule has 1 aromatic heterocycles. The van der Waals surface area contributed by atoms with Crippen LogP contribution in [-0.4, -0.2) is 33.2 Å². The Bertz CT molecular complexity index is 454. The minimum absolute atomic E-state index is 0.451. The number of aromatic nitrogens is 1. The van der Waals surface area contributed by atoms with Crippen LogP contribution in [0.15, 0.2) is 18.5 Å². The molecule has 2 heterocycles. The van der Waals surface area contributed by atoms with Gasteiger partial charge in [-0.1, -0.05) is 0 Å². The Labute approximate surface area is 106 Å². The average molecular weight is 250 g/mol. The largest absolute Gasteiger partial charge is 0.444 e. The van der Waals surface area contributed by atoms with Crippen LogP contribution < -0.4 is 0 Å². The molecule has 0 spiro atoms. The number of pyridine rings is 1. The van der Waals surface area contributed by atoms with E-state index in [4.69, 9.17) is 4.74 Å². The summed E-state index contributed by atoms with van der Waals surface area (Å²) in [4.78, 5) is 17.3. The molecule has 5 nitrogen and oxygen atoms in total. The lowest BCUT2D eigenvalue weighted by molar-refractivity contribution is -0.0359. The molecule has 18 heavy (non-hydrogen) atoms. The molecule has 0 bridgehead atoms. The number of carbonyl (C=O) groups excluding carboxylic acids is 1. The zero-order chi connectivity index (χ0) is 13.3. The Hall–Kier alpha value is -1.62. The number of hydrogen-bond acceptors (Lipinski definition) is 4. The summed E-state index contributed by atoms with van der Waals surface area (Å²) in [5, 5.41) is 10.2. The van der Waals surface area contributed by atoms with E-state index in [0.717, 1.165) is 5.56 Å². The van der Waals surface area contributed by atoms with Crippen LogP contribution in [0.25, 0.3) is 0 Å². The van der Waals surface area contributed by atoms with E-state index in [9.17, 15) is 9.90 Å². The number of aliphatic hydroxyl groups excluding tert-OH is 1. The first-order valence-electron chi connectivity index (χ1n) is 5.99. The molecule has 1 atom stereocenters. The number of amides is 1. The van der Waals surface area contributed by atoms with Crippen LogP contribution in [-0.2, 0) is 11.2 Å². The van der Waals surface area contributed by atoms with E-state index in [-0.39, 0.29) is 0 Å². The summed E-state index contributed by atoms with van der Waals surface area (Å²) in [5.41, 5.74) is 1.14. The van der Waals surface area contributed by atoms with Crippen molar-refractivity contribution in [1.82, 2.24) is 9.88 Å². The Kier molecular flexibility index (Phi) is 3.26. The second-order valence-electron chi connectivity index (χ2n) is 5.37. The van der Waals surface area contributed by atoms with E-state index in [1.165, 1.54) is 4.90 Å². The maximum Gasteiger partial charge on any atom is 0.412 e. The molecule has 0 fully saturated rings. The summed E-state index contributed by atoms with van der Waals surface area (Å²) in [6.45, 7) is 5.86. The molecule has 1 aliphatic heterocycles. The molecule has 0 radical (unpaired) electrons. The number of ether oxygens (including phenoxy) is 1. The first-order valence-corrected chi connectivity index (χ1v) is 5.99. The van der Waals surface area contributed by atoms with Crippen molar-refractivity contribution in [1.29, 1.82) is 0 Å². The summed E-state index contributed by atoms with van der Waals surface area (Å²) in [7, 11) is 0. The van der Waals surface area contributed by atoms with E-state index >= 15 is 0 Å². The van der Waals surface area contributed by atoms with Crippen LogP contribution in [0.5, 0.6) is 0 Å². The highest BCUT2D eigenvalue weighted by atomic mass is 16.6. The van der Waals surface area contributed by atoms with E-state index in [2.05, 4.69) is 4.98 Å². The number of rotatable bonds is 0. The van der Waals surface area contributed by atoms with Gasteiger partial charge in [-0.05, 0) is 38.8 Å². The standard InChI is InChI=1S/C13H18N2O3/c1-13(2,3)18-12(17)15-7-5-9-4-6-14-8-10(9)11(15)16/h4,6,8,11,16H,5,7H2,1-3H3. The Balaban J connectivity index is 2.17. The normalized spacial score (nSPS) is 19.3. The molecular formula is C13H18N2O3. The average Bonchev–Trinajstić information content (AvgIpc) is 2.27. The molecule has 5 heteroatoms. The molecule has 98 valence electrons. The highest BCUT2D eigenvalue weighted by Crippen LogP contribution is 2.28. The van der Waals surface area contributed by atoms with Gasteiger partial charge in [0.1, 0.15) is 5.60 Å². The van der Waals surface area contributed by atoms with Crippen LogP contribution in [0.3, 0.4) is 0 Å². The van der Waals surface area contributed by atoms with Crippen molar-refractivity contribution in [2.24, 2.45) is 0 Å². The van der Waals surface area contributed by atoms with Gasteiger partial charge in [0.25, 0.3) is 0 Å². The van der Waals surface area contributed by atoms with Gasteiger partial charge in [0.15, 0.2) is 6.23 Å². The van der Waals surface area contributed by atoms with Crippen molar-refractivity contribution in [2.75, 3.05) is 6.54 Å². The van der Waals surface area contributed by atoms with Crippen molar-refractivity contribution in [3.8, 4) is 0 Å². The zero-order valence-corrected chi connectivity index (χ0v) is 10.9. The number of aliphatic hydroxyl groups is 1. The smallest absolute Gasteiger partial charge is 0.412 e. The molecule has 1 aliphatic rings. The van der Waals surface area contributed by atoms with E-state index in [1.807, 2.05) is 6.07 Å². The predicted molar refractivity (Wildman–Crippen MR) is 65.8 cm³/mol. The summed E-state index contributed by atoms with van der Waals surface area (Å²) in [6.07, 6.45) is 2.51. The summed E-state index contributed by atoms with van der Waals surface area (Å²) in [6, 6.07) is 1.87. The molecule has 0 aliphatic carbocycles. The number of fused-ring (bicyclic) bond motifs is 1. The summed E-state index contributed by atoms with van der Waals surface area (Å²) in [5.74, 6) is 0. The topological polar surface area (TPSA) is 62.7 Å². The van der Waals surface area contributed by atoms with Gasteiger partial charge in [-0.3, -0.25) is 9.88 Å². The third-order valence-electron chi connectivity index (χ3n) is 2.77. The lowest BCUT2D eigenvalue weighted by Gasteiger charge is -2.34. The fourth-order valence-corrected chi connectivity index (χ4v) is 1.94. The minimum Gasteiger partial charge on any atom is -0.444 e. The SMILES string of the molecule is CC(C)(C)OC(=O)N1CCc2ccncc2C1O. The van der Waals surface area contributed by atoms with Crippen molar-refractivity contribution < 1.29 is 14.6 Å². The van der Waals surface area contributed by atoms with Gasteiger partial charge in [-0.25, -0.2) is 4.79 Å². The van der Waals surface area contributed by atoms with Crippen molar-refractivity contribution >= 4 is 6.09 Å². The first-order chi connectivity index (χ1) is 8.38. The molecule has 1 unspecified atom stereocenters.